The topological polar surface area (TPSA) is 40.2 Å². The lowest BCUT2D eigenvalue weighted by Gasteiger charge is -2.22. The number of epoxide rings is 1. The average molecular weight is 371 g/mol. The highest BCUT2D eigenvalue weighted by Crippen LogP contribution is 2.43. The highest BCUT2D eigenvalue weighted by molar-refractivity contribution is 9.10. The summed E-state index contributed by atoms with van der Waals surface area (Å²) in [6.45, 7) is 0.322. The number of benzene rings is 1. The van der Waals surface area contributed by atoms with Crippen molar-refractivity contribution in [3.8, 4) is 11.5 Å². The van der Waals surface area contributed by atoms with Gasteiger partial charge in [0.25, 0.3) is 0 Å². The van der Waals surface area contributed by atoms with Crippen molar-refractivity contribution in [2.75, 3.05) is 27.4 Å². The summed E-state index contributed by atoms with van der Waals surface area (Å²) in [7, 11) is 2.73. The molecular formula is C13H14BrF3O4. The van der Waals surface area contributed by atoms with Crippen LogP contribution in [0.3, 0.4) is 0 Å². The number of methoxy groups -OCH3 is 2. The van der Waals surface area contributed by atoms with Crippen LogP contribution in [0.5, 0.6) is 11.5 Å². The molecule has 0 unspecified atom stereocenters. The second-order valence-corrected chi connectivity index (χ2v) is 5.24. The van der Waals surface area contributed by atoms with E-state index in [0.29, 0.717) is 11.1 Å². The number of halogens is 4. The quantitative estimate of drug-likeness (QED) is 0.718. The van der Waals surface area contributed by atoms with Gasteiger partial charge in [0.05, 0.1) is 27.4 Å². The van der Waals surface area contributed by atoms with Crippen LogP contribution in [0.25, 0.3) is 0 Å². The van der Waals surface area contributed by atoms with E-state index in [2.05, 4.69) is 15.9 Å². The molecule has 0 radical (unpaired) electrons. The van der Waals surface area contributed by atoms with E-state index < -0.39 is 12.3 Å². The summed E-state index contributed by atoms with van der Waals surface area (Å²) in [5.41, 5.74) is -0.0833. The molecule has 4 nitrogen and oxygen atoms in total. The predicted octanol–water partition coefficient (Wildman–Crippen LogP) is 3.49. The van der Waals surface area contributed by atoms with E-state index in [1.54, 1.807) is 0 Å². The highest BCUT2D eigenvalue weighted by Gasteiger charge is 2.43. The van der Waals surface area contributed by atoms with Crippen LogP contribution in [0.4, 0.5) is 13.2 Å². The van der Waals surface area contributed by atoms with Crippen LogP contribution in [0.2, 0.25) is 0 Å². The van der Waals surface area contributed by atoms with Gasteiger partial charge in [0.1, 0.15) is 22.1 Å². The van der Waals surface area contributed by atoms with Crippen molar-refractivity contribution < 1.29 is 32.1 Å². The standard InChI is InChI=1S/C13H14BrF3O4/c1-18-9-3-7(4-10(19-2)11(9)14)12(13(15,16)17)21-6-8-5-20-8/h3-4,8,12H,5-6H2,1-2H3/t8-,12-/m1/s1. The minimum Gasteiger partial charge on any atom is -0.495 e. The van der Waals surface area contributed by atoms with Gasteiger partial charge in [-0.3, -0.25) is 0 Å². The third kappa shape index (κ3) is 4.02. The molecular weight excluding hydrogens is 357 g/mol. The second kappa shape index (κ2) is 6.41. The van der Waals surface area contributed by atoms with Crippen LogP contribution in [-0.4, -0.2) is 39.7 Å². The first-order chi connectivity index (χ1) is 9.86. The molecule has 0 amide bonds. The molecule has 2 rings (SSSR count). The van der Waals surface area contributed by atoms with Crippen LogP contribution < -0.4 is 9.47 Å². The van der Waals surface area contributed by atoms with Gasteiger partial charge in [-0.2, -0.15) is 13.2 Å². The lowest BCUT2D eigenvalue weighted by Crippen LogP contribution is -2.25. The van der Waals surface area contributed by atoms with E-state index in [1.807, 2.05) is 0 Å². The molecule has 1 aliphatic rings. The van der Waals surface area contributed by atoms with Crippen molar-refractivity contribution in [2.45, 2.75) is 18.4 Å². The van der Waals surface area contributed by atoms with Gasteiger partial charge >= 0.3 is 6.18 Å². The molecule has 118 valence electrons. The summed E-state index contributed by atoms with van der Waals surface area (Å²) in [5, 5.41) is 0. The fraction of sp³-hybridized carbons (Fsp3) is 0.538. The van der Waals surface area contributed by atoms with Crippen molar-refractivity contribution >= 4 is 15.9 Å². The van der Waals surface area contributed by atoms with Gasteiger partial charge < -0.3 is 18.9 Å². The normalized spacial score (nSPS) is 19.2. The summed E-state index contributed by atoms with van der Waals surface area (Å²) >= 11 is 3.22. The third-order valence-corrected chi connectivity index (χ3v) is 3.70. The molecule has 8 heteroatoms. The average Bonchev–Trinajstić information content (AvgIpc) is 3.23. The maximum atomic E-state index is 13.2. The lowest BCUT2D eigenvalue weighted by molar-refractivity contribution is -0.224. The fourth-order valence-electron chi connectivity index (χ4n) is 1.79. The first kappa shape index (κ1) is 16.4. The maximum absolute atomic E-state index is 13.2. The van der Waals surface area contributed by atoms with E-state index in [9.17, 15) is 13.2 Å². The van der Waals surface area contributed by atoms with E-state index in [4.69, 9.17) is 18.9 Å². The van der Waals surface area contributed by atoms with Crippen LogP contribution in [0, 0.1) is 0 Å². The molecule has 2 atom stereocenters. The summed E-state index contributed by atoms with van der Waals surface area (Å²) in [6.07, 6.45) is -6.86. The van der Waals surface area contributed by atoms with E-state index in [0.717, 1.165) is 0 Å². The molecule has 1 saturated heterocycles. The molecule has 1 aliphatic heterocycles. The zero-order chi connectivity index (χ0) is 15.6. The molecule has 21 heavy (non-hydrogen) atoms. The van der Waals surface area contributed by atoms with Crippen molar-refractivity contribution in [3.63, 3.8) is 0 Å². The lowest BCUT2D eigenvalue weighted by atomic mass is 10.1. The second-order valence-electron chi connectivity index (χ2n) is 4.45. The molecule has 1 fully saturated rings. The number of alkyl halides is 3. The monoisotopic (exact) mass is 370 g/mol. The Balaban J connectivity index is 2.33. The van der Waals surface area contributed by atoms with Crippen LogP contribution in [0.15, 0.2) is 16.6 Å². The molecule has 0 N–H and O–H groups in total. The van der Waals surface area contributed by atoms with Gasteiger partial charge in [0.2, 0.25) is 0 Å². The molecule has 1 aromatic rings. The number of rotatable bonds is 6. The van der Waals surface area contributed by atoms with E-state index in [1.165, 1.54) is 26.4 Å². The van der Waals surface area contributed by atoms with Gasteiger partial charge in [0, 0.05) is 0 Å². The molecule has 0 aliphatic carbocycles. The molecule has 0 aromatic heterocycles. The van der Waals surface area contributed by atoms with Crippen LogP contribution in [0.1, 0.15) is 11.7 Å². The van der Waals surface area contributed by atoms with E-state index >= 15 is 0 Å². The van der Waals surface area contributed by atoms with Gasteiger partial charge in [-0.15, -0.1) is 0 Å². The van der Waals surface area contributed by atoms with Crippen LogP contribution >= 0.6 is 15.9 Å². The van der Waals surface area contributed by atoms with Gasteiger partial charge in [-0.1, -0.05) is 0 Å². The number of hydrogen-bond donors (Lipinski definition) is 0. The Kier molecular flexibility index (Phi) is 5.00. The van der Waals surface area contributed by atoms with Gasteiger partial charge in [-0.05, 0) is 33.6 Å². The Morgan fingerprint density at radius 3 is 2.19 bits per heavy atom. The van der Waals surface area contributed by atoms with Gasteiger partial charge in [0.15, 0.2) is 6.10 Å². The zero-order valence-electron chi connectivity index (χ0n) is 11.4. The molecule has 0 saturated carbocycles. The largest absolute Gasteiger partial charge is 0.495 e. The summed E-state index contributed by atoms with van der Waals surface area (Å²) in [4.78, 5) is 0. The first-order valence-electron chi connectivity index (χ1n) is 6.08. The SMILES string of the molecule is COc1cc([C@@H](OC[C@H]2CO2)C(F)(F)F)cc(OC)c1Br. The summed E-state index contributed by atoms with van der Waals surface area (Å²) in [6, 6.07) is 2.55. The Morgan fingerprint density at radius 1 is 1.29 bits per heavy atom. The Labute approximate surface area is 128 Å². The van der Waals surface area contributed by atoms with Crippen molar-refractivity contribution in [2.24, 2.45) is 0 Å². The number of ether oxygens (including phenoxy) is 4. The van der Waals surface area contributed by atoms with Crippen LogP contribution in [-0.2, 0) is 9.47 Å². The van der Waals surface area contributed by atoms with E-state index in [-0.39, 0.29) is 29.8 Å². The van der Waals surface area contributed by atoms with Crippen molar-refractivity contribution in [1.82, 2.24) is 0 Å². The Bertz CT molecular complexity index is 478. The molecule has 0 bridgehead atoms. The highest BCUT2D eigenvalue weighted by atomic mass is 79.9. The predicted molar refractivity (Wildman–Crippen MR) is 71.7 cm³/mol. The molecule has 0 spiro atoms. The minimum atomic E-state index is -4.54. The summed E-state index contributed by atoms with van der Waals surface area (Å²) in [5.74, 6) is 0.481. The smallest absolute Gasteiger partial charge is 0.418 e. The number of hydrogen-bond acceptors (Lipinski definition) is 4. The fourth-order valence-corrected chi connectivity index (χ4v) is 2.34. The Morgan fingerprint density at radius 2 is 1.81 bits per heavy atom. The van der Waals surface area contributed by atoms with Gasteiger partial charge in [-0.25, -0.2) is 0 Å². The summed E-state index contributed by atoms with van der Waals surface area (Å²) < 4.78 is 60.0. The zero-order valence-corrected chi connectivity index (χ0v) is 13.0. The maximum Gasteiger partial charge on any atom is 0.418 e. The molecule has 1 heterocycles. The third-order valence-electron chi connectivity index (χ3n) is 2.92. The first-order valence-corrected chi connectivity index (χ1v) is 6.87. The van der Waals surface area contributed by atoms with Crippen molar-refractivity contribution in [1.29, 1.82) is 0 Å². The van der Waals surface area contributed by atoms with Crippen molar-refractivity contribution in [3.05, 3.63) is 22.2 Å². The minimum absolute atomic E-state index is 0.0833. The Hall–Kier alpha value is -0.990. The molecule has 1 aromatic carbocycles.